The van der Waals surface area contributed by atoms with Crippen molar-refractivity contribution in [3.8, 4) is 0 Å². The van der Waals surface area contributed by atoms with E-state index in [2.05, 4.69) is 24.1 Å². The van der Waals surface area contributed by atoms with Gasteiger partial charge in [0, 0.05) is 18.7 Å². The maximum atomic E-state index is 12.9. The summed E-state index contributed by atoms with van der Waals surface area (Å²) >= 11 is 1.61. The summed E-state index contributed by atoms with van der Waals surface area (Å²) in [6.07, 6.45) is 0. The Balaban J connectivity index is 2.23. The van der Waals surface area contributed by atoms with E-state index in [9.17, 15) is 4.39 Å². The number of thiazole rings is 1. The molecule has 0 radical (unpaired) electrons. The molecule has 80 valence electrons. The zero-order valence-electron chi connectivity index (χ0n) is 8.75. The molecule has 2 aromatic rings. The number of aromatic nitrogens is 1. The van der Waals surface area contributed by atoms with Crippen LogP contribution in [0.2, 0.25) is 0 Å². The fourth-order valence-electron chi connectivity index (χ4n) is 1.32. The molecule has 2 rings (SSSR count). The molecule has 0 aliphatic heterocycles. The predicted molar refractivity (Wildman–Crippen MR) is 61.6 cm³/mol. The number of halogens is 1. The molecule has 0 amide bonds. The van der Waals surface area contributed by atoms with Crippen LogP contribution in [0.25, 0.3) is 10.2 Å². The smallest absolute Gasteiger partial charge is 0.125 e. The van der Waals surface area contributed by atoms with Crippen molar-refractivity contribution >= 4 is 21.6 Å². The number of hydrogen-bond acceptors (Lipinski definition) is 3. The molecule has 0 fully saturated rings. The van der Waals surface area contributed by atoms with Gasteiger partial charge < -0.3 is 5.32 Å². The Morgan fingerprint density at radius 3 is 3.00 bits per heavy atom. The summed E-state index contributed by atoms with van der Waals surface area (Å²) in [5.74, 6) is -0.226. The Morgan fingerprint density at radius 1 is 1.47 bits per heavy atom. The fourth-order valence-corrected chi connectivity index (χ4v) is 2.21. The van der Waals surface area contributed by atoms with Gasteiger partial charge in [-0.25, -0.2) is 9.37 Å². The van der Waals surface area contributed by atoms with Crippen molar-refractivity contribution < 1.29 is 4.39 Å². The SMILES string of the molecule is CC(C)NCc1nc2cc(F)ccc2s1. The van der Waals surface area contributed by atoms with Crippen molar-refractivity contribution in [1.29, 1.82) is 0 Å². The summed E-state index contributed by atoms with van der Waals surface area (Å²) in [7, 11) is 0. The van der Waals surface area contributed by atoms with E-state index in [4.69, 9.17) is 0 Å². The van der Waals surface area contributed by atoms with Crippen molar-refractivity contribution in [2.75, 3.05) is 0 Å². The monoisotopic (exact) mass is 224 g/mol. The van der Waals surface area contributed by atoms with Gasteiger partial charge in [0.15, 0.2) is 0 Å². The zero-order valence-corrected chi connectivity index (χ0v) is 9.57. The van der Waals surface area contributed by atoms with Crippen LogP contribution in [0.5, 0.6) is 0 Å². The van der Waals surface area contributed by atoms with E-state index in [0.29, 0.717) is 6.04 Å². The molecule has 1 heterocycles. The molecule has 0 unspecified atom stereocenters. The van der Waals surface area contributed by atoms with Crippen LogP contribution in [0.4, 0.5) is 4.39 Å². The van der Waals surface area contributed by atoms with Crippen LogP contribution in [0.1, 0.15) is 18.9 Å². The van der Waals surface area contributed by atoms with Gasteiger partial charge in [0.1, 0.15) is 10.8 Å². The molecule has 0 aliphatic carbocycles. The van der Waals surface area contributed by atoms with E-state index >= 15 is 0 Å². The molecule has 2 nitrogen and oxygen atoms in total. The molecular formula is C11H13FN2S. The van der Waals surface area contributed by atoms with Crippen LogP contribution < -0.4 is 5.32 Å². The number of benzene rings is 1. The predicted octanol–water partition coefficient (Wildman–Crippen LogP) is 2.93. The molecule has 1 aromatic carbocycles. The summed E-state index contributed by atoms with van der Waals surface area (Å²) in [5.41, 5.74) is 0.751. The Morgan fingerprint density at radius 2 is 2.27 bits per heavy atom. The maximum absolute atomic E-state index is 12.9. The lowest BCUT2D eigenvalue weighted by Crippen LogP contribution is -2.21. The molecule has 4 heteroatoms. The van der Waals surface area contributed by atoms with Gasteiger partial charge in [-0.05, 0) is 12.1 Å². The Kier molecular flexibility index (Phi) is 2.98. The molecular weight excluding hydrogens is 211 g/mol. The van der Waals surface area contributed by atoms with Crippen LogP contribution >= 0.6 is 11.3 Å². The van der Waals surface area contributed by atoms with E-state index in [1.54, 1.807) is 17.4 Å². The van der Waals surface area contributed by atoms with E-state index in [1.807, 2.05) is 0 Å². The lowest BCUT2D eigenvalue weighted by atomic mass is 10.3. The first-order valence-corrected chi connectivity index (χ1v) is 5.75. The summed E-state index contributed by atoms with van der Waals surface area (Å²) in [4.78, 5) is 4.36. The molecule has 1 N–H and O–H groups in total. The third-order valence-electron chi connectivity index (χ3n) is 2.06. The number of rotatable bonds is 3. The fraction of sp³-hybridized carbons (Fsp3) is 0.364. The van der Waals surface area contributed by atoms with Gasteiger partial charge in [-0.15, -0.1) is 11.3 Å². The molecule has 0 spiro atoms. The lowest BCUT2D eigenvalue weighted by molar-refractivity contribution is 0.587. The molecule has 0 aliphatic rings. The third kappa shape index (κ3) is 2.52. The van der Waals surface area contributed by atoms with Crippen LogP contribution in [0, 0.1) is 5.82 Å². The second-order valence-electron chi connectivity index (χ2n) is 3.76. The number of hydrogen-bond donors (Lipinski definition) is 1. The molecule has 0 saturated heterocycles. The average molecular weight is 224 g/mol. The van der Waals surface area contributed by atoms with Crippen molar-refractivity contribution in [2.24, 2.45) is 0 Å². The van der Waals surface area contributed by atoms with Crippen LogP contribution in [0.15, 0.2) is 18.2 Å². The zero-order chi connectivity index (χ0) is 10.8. The van der Waals surface area contributed by atoms with Crippen LogP contribution in [0.3, 0.4) is 0 Å². The van der Waals surface area contributed by atoms with Gasteiger partial charge >= 0.3 is 0 Å². The minimum Gasteiger partial charge on any atom is -0.308 e. The summed E-state index contributed by atoms with van der Waals surface area (Å²) in [6.45, 7) is 4.93. The van der Waals surface area contributed by atoms with Crippen molar-refractivity contribution in [3.63, 3.8) is 0 Å². The Hall–Kier alpha value is -1.00. The highest BCUT2D eigenvalue weighted by molar-refractivity contribution is 7.18. The van der Waals surface area contributed by atoms with E-state index in [1.165, 1.54) is 12.1 Å². The number of nitrogens with one attached hydrogen (secondary N) is 1. The molecule has 15 heavy (non-hydrogen) atoms. The average Bonchev–Trinajstić information content (AvgIpc) is 2.56. The third-order valence-corrected chi connectivity index (χ3v) is 3.09. The highest BCUT2D eigenvalue weighted by atomic mass is 32.1. The standard InChI is InChI=1S/C11H13FN2S/c1-7(2)13-6-11-14-9-5-8(12)3-4-10(9)15-11/h3-5,7,13H,6H2,1-2H3. The molecule has 1 aromatic heterocycles. The summed E-state index contributed by atoms with van der Waals surface area (Å²) in [6, 6.07) is 5.17. The van der Waals surface area contributed by atoms with Gasteiger partial charge in [-0.1, -0.05) is 13.8 Å². The first-order chi connectivity index (χ1) is 7.15. The first kappa shape index (κ1) is 10.5. The highest BCUT2D eigenvalue weighted by Crippen LogP contribution is 2.22. The van der Waals surface area contributed by atoms with Crippen LogP contribution in [-0.4, -0.2) is 11.0 Å². The topological polar surface area (TPSA) is 24.9 Å². The Bertz CT molecular complexity index is 465. The molecule has 0 saturated carbocycles. The molecule has 0 atom stereocenters. The van der Waals surface area contributed by atoms with E-state index < -0.39 is 0 Å². The lowest BCUT2D eigenvalue weighted by Gasteiger charge is -2.04. The Labute approximate surface area is 92.1 Å². The van der Waals surface area contributed by atoms with E-state index in [-0.39, 0.29) is 5.82 Å². The quantitative estimate of drug-likeness (QED) is 0.867. The van der Waals surface area contributed by atoms with Crippen molar-refractivity contribution in [1.82, 2.24) is 10.3 Å². The van der Waals surface area contributed by atoms with Gasteiger partial charge in [0.2, 0.25) is 0 Å². The largest absolute Gasteiger partial charge is 0.308 e. The van der Waals surface area contributed by atoms with Crippen LogP contribution in [-0.2, 0) is 6.54 Å². The molecule has 0 bridgehead atoms. The summed E-state index contributed by atoms with van der Waals surface area (Å²) < 4.78 is 13.9. The normalized spacial score (nSPS) is 11.5. The highest BCUT2D eigenvalue weighted by Gasteiger charge is 2.04. The van der Waals surface area contributed by atoms with Gasteiger partial charge in [-0.3, -0.25) is 0 Å². The number of fused-ring (bicyclic) bond motifs is 1. The second kappa shape index (κ2) is 4.24. The second-order valence-corrected chi connectivity index (χ2v) is 4.87. The maximum Gasteiger partial charge on any atom is 0.125 e. The van der Waals surface area contributed by atoms with Crippen molar-refractivity contribution in [2.45, 2.75) is 26.4 Å². The minimum absolute atomic E-state index is 0.226. The summed E-state index contributed by atoms with van der Waals surface area (Å²) in [5, 5.41) is 4.30. The van der Waals surface area contributed by atoms with Gasteiger partial charge in [0.05, 0.1) is 10.2 Å². The van der Waals surface area contributed by atoms with Gasteiger partial charge in [0.25, 0.3) is 0 Å². The van der Waals surface area contributed by atoms with Crippen molar-refractivity contribution in [3.05, 3.63) is 29.0 Å². The number of nitrogens with zero attached hydrogens (tertiary/aromatic N) is 1. The van der Waals surface area contributed by atoms with E-state index in [0.717, 1.165) is 21.8 Å². The van der Waals surface area contributed by atoms with Gasteiger partial charge in [-0.2, -0.15) is 0 Å². The minimum atomic E-state index is -0.226. The first-order valence-electron chi connectivity index (χ1n) is 4.93.